The average molecular weight is 783 g/mol. The molecule has 4 aliphatic carbocycles. The van der Waals surface area contributed by atoms with Gasteiger partial charge in [-0.25, -0.2) is 4.98 Å². The molecule has 2 unspecified atom stereocenters. The van der Waals surface area contributed by atoms with Gasteiger partial charge in [-0.05, 0) is 116 Å². The van der Waals surface area contributed by atoms with Crippen molar-refractivity contribution in [2.45, 2.75) is 56.3 Å². The van der Waals surface area contributed by atoms with Crippen LogP contribution < -0.4 is 48.6 Å². The third-order valence-corrected chi connectivity index (χ3v) is 13.8. The first-order chi connectivity index (χ1) is 28.0. The summed E-state index contributed by atoms with van der Waals surface area (Å²) < 4.78 is 0. The Morgan fingerprint density at radius 2 is 1.00 bits per heavy atom. The van der Waals surface area contributed by atoms with Gasteiger partial charge in [0, 0.05) is 91.1 Å². The zero-order chi connectivity index (χ0) is 40.8. The Hall–Kier alpha value is -5.03. The minimum atomic E-state index is -0.0859. The van der Waals surface area contributed by atoms with Gasteiger partial charge < -0.3 is 34.5 Å². The number of aromatic nitrogens is 1. The molecule has 0 amide bonds. The maximum absolute atomic E-state index is 11.1. The van der Waals surface area contributed by atoms with Gasteiger partial charge in [-0.1, -0.05) is 55.0 Å². The van der Waals surface area contributed by atoms with E-state index in [0.29, 0.717) is 17.4 Å². The molecule has 0 saturated heterocycles. The van der Waals surface area contributed by atoms with E-state index in [2.05, 4.69) is 176 Å². The molecule has 8 nitrogen and oxygen atoms in total. The van der Waals surface area contributed by atoms with Crippen molar-refractivity contribution in [3.8, 4) is 5.75 Å². The van der Waals surface area contributed by atoms with E-state index in [1.807, 2.05) is 18.2 Å². The summed E-state index contributed by atoms with van der Waals surface area (Å²) in [6.07, 6.45) is 24.7. The number of H-pyrrole nitrogens is 1. The van der Waals surface area contributed by atoms with E-state index in [9.17, 15) is 5.11 Å². The van der Waals surface area contributed by atoms with E-state index in [-0.39, 0.29) is 35.9 Å². The zero-order valence-electron chi connectivity index (χ0n) is 36.7. The largest absolute Gasteiger partial charge is 1.00 e. The Labute approximate surface area is 364 Å². The number of hydrogen-bond acceptors (Lipinski definition) is 7. The molecule has 3 heterocycles. The van der Waals surface area contributed by atoms with E-state index in [1.165, 1.54) is 77.4 Å². The van der Waals surface area contributed by atoms with Crippen molar-refractivity contribution in [3.05, 3.63) is 144 Å². The van der Waals surface area contributed by atoms with Gasteiger partial charge in [-0.2, -0.15) is 0 Å². The number of para-hydroxylation sites is 5. The van der Waals surface area contributed by atoms with E-state index in [4.69, 9.17) is 0 Å². The standard InChI is InChI=1S/C22H28N4.C19H26N2.C9H7NO.Li/c1-23-17-11-5-6-12-18(17)24(2)21(23)15-9-10-16-22(21)25(3)19-13-7-8-14-20(19)26(22)4;1-20(2)16-10-8-14-6-5-7-15-9-11-17(21(3)4)13-19(15)18(14)12-16;11-8-5-1-3-7-4-2-6-10-9(7)8;/h5-8,11-14H,9-10,15-16H2,1-4H3;8-15H,5-7H2,1-4H3;1-6,11H;/q;;;+1. The van der Waals surface area contributed by atoms with Crippen LogP contribution in [0.1, 0.15) is 44.9 Å². The molecule has 10 rings (SSSR count). The Kier molecular flexibility index (Phi) is 12.1. The fourth-order valence-corrected chi connectivity index (χ4v) is 10.8. The SMILES string of the molecule is CN(C)C1=CC2=C3C=C(N(C)C)C=CC3CCCC2C=C1.CN1c2ccccc2N(C)C12CCCCC21N(C)c2ccccc2N1C.[Li+].[O-]c1cccc2ccc[nH+]c12. The molecule has 4 aromatic rings. The number of likely N-dealkylation sites (N-methyl/N-ethyl adjacent to an activating group) is 6. The fourth-order valence-electron chi connectivity index (χ4n) is 10.8. The molecule has 6 aliphatic rings. The van der Waals surface area contributed by atoms with Gasteiger partial charge >= 0.3 is 18.9 Å². The average Bonchev–Trinajstić information content (AvgIpc) is 3.47. The van der Waals surface area contributed by atoms with E-state index >= 15 is 0 Å². The van der Waals surface area contributed by atoms with Gasteiger partial charge in [0.1, 0.15) is 0 Å². The van der Waals surface area contributed by atoms with Crippen molar-refractivity contribution in [1.82, 2.24) is 9.80 Å². The van der Waals surface area contributed by atoms with Crippen LogP contribution in [0.3, 0.4) is 0 Å². The van der Waals surface area contributed by atoms with Crippen molar-refractivity contribution >= 4 is 33.7 Å². The Bertz CT molecular complexity index is 2140. The summed E-state index contributed by atoms with van der Waals surface area (Å²) in [5.74, 6) is 1.24. The summed E-state index contributed by atoms with van der Waals surface area (Å²) in [5.41, 5.74) is 11.6. The Morgan fingerprint density at radius 3 is 1.41 bits per heavy atom. The first kappa shape index (κ1) is 42.1. The molecule has 302 valence electrons. The third-order valence-electron chi connectivity index (χ3n) is 13.8. The van der Waals surface area contributed by atoms with Crippen LogP contribution in [0, 0.1) is 11.8 Å². The number of nitrogens with zero attached hydrogens (tertiary/aromatic N) is 6. The second-order valence-corrected chi connectivity index (χ2v) is 17.1. The molecule has 1 N–H and O–H groups in total. The number of anilines is 4. The van der Waals surface area contributed by atoms with Crippen LogP contribution in [0.2, 0.25) is 0 Å². The van der Waals surface area contributed by atoms with Crippen molar-refractivity contribution in [2.24, 2.45) is 11.8 Å². The molecule has 59 heavy (non-hydrogen) atoms. The molecule has 0 bridgehead atoms. The third kappa shape index (κ3) is 7.02. The van der Waals surface area contributed by atoms with Crippen LogP contribution in [0.4, 0.5) is 22.7 Å². The Balaban J connectivity index is 0.000000143. The molecule has 0 radical (unpaired) electrons. The molecular weight excluding hydrogens is 722 g/mol. The number of pyridine rings is 1. The van der Waals surface area contributed by atoms with Crippen molar-refractivity contribution in [2.75, 3.05) is 76.0 Å². The quantitative estimate of drug-likeness (QED) is 0.246. The molecule has 2 spiro atoms. The number of benzene rings is 3. The maximum atomic E-state index is 11.1. The minimum absolute atomic E-state index is 0. The van der Waals surface area contributed by atoms with Crippen LogP contribution in [0.25, 0.3) is 10.9 Å². The van der Waals surface area contributed by atoms with Crippen LogP contribution in [-0.2, 0) is 0 Å². The normalized spacial score (nSPS) is 21.5. The molecule has 9 heteroatoms. The van der Waals surface area contributed by atoms with Gasteiger partial charge in [-0.3, -0.25) is 0 Å². The summed E-state index contributed by atoms with van der Waals surface area (Å²) in [6.45, 7) is 0. The smallest absolute Gasteiger partial charge is 0.868 e. The van der Waals surface area contributed by atoms with Gasteiger partial charge in [0.2, 0.25) is 5.52 Å². The Morgan fingerprint density at radius 1 is 0.576 bits per heavy atom. The summed E-state index contributed by atoms with van der Waals surface area (Å²) in [4.78, 5) is 17.5. The molecular formula is C50H61LiN7O+. The van der Waals surface area contributed by atoms with E-state index in [0.717, 1.165) is 18.2 Å². The second-order valence-electron chi connectivity index (χ2n) is 17.1. The van der Waals surface area contributed by atoms with E-state index in [1.54, 1.807) is 18.3 Å². The molecule has 3 aromatic carbocycles. The number of nitrogens with one attached hydrogen (secondary N) is 1. The molecule has 1 fully saturated rings. The summed E-state index contributed by atoms with van der Waals surface area (Å²) in [7, 11) is 17.7. The molecule has 2 atom stereocenters. The maximum Gasteiger partial charge on any atom is 1.00 e. The van der Waals surface area contributed by atoms with Crippen LogP contribution in [0.15, 0.2) is 144 Å². The summed E-state index contributed by atoms with van der Waals surface area (Å²) in [6, 6.07) is 26.7. The summed E-state index contributed by atoms with van der Waals surface area (Å²) >= 11 is 0. The summed E-state index contributed by atoms with van der Waals surface area (Å²) in [5, 5.41) is 12.1. The fraction of sp³-hybridized carbons (Fsp3) is 0.380. The van der Waals surface area contributed by atoms with Gasteiger partial charge in [-0.15, -0.1) is 0 Å². The number of aromatic amines is 1. The second kappa shape index (κ2) is 16.9. The molecule has 1 saturated carbocycles. The molecule has 1 aromatic heterocycles. The molecule has 2 aliphatic heterocycles. The van der Waals surface area contributed by atoms with E-state index < -0.39 is 0 Å². The number of hydrogen-bond donors (Lipinski definition) is 0. The predicted octanol–water partition coefficient (Wildman–Crippen LogP) is 5.59. The van der Waals surface area contributed by atoms with Crippen LogP contribution in [0.5, 0.6) is 5.75 Å². The van der Waals surface area contributed by atoms with Gasteiger partial charge in [0.05, 0.1) is 22.7 Å². The van der Waals surface area contributed by atoms with Crippen LogP contribution in [-0.4, -0.2) is 77.5 Å². The first-order valence-corrected chi connectivity index (χ1v) is 21.1. The first-order valence-electron chi connectivity index (χ1n) is 21.1. The zero-order valence-corrected chi connectivity index (χ0v) is 36.7. The van der Waals surface area contributed by atoms with Crippen molar-refractivity contribution in [1.29, 1.82) is 0 Å². The minimum Gasteiger partial charge on any atom is -0.868 e. The topological polar surface area (TPSA) is 56.6 Å². The number of fused-ring (bicyclic) bond motifs is 6. The number of rotatable bonds is 2. The van der Waals surface area contributed by atoms with Gasteiger partial charge in [0.15, 0.2) is 17.5 Å². The monoisotopic (exact) mass is 783 g/mol. The predicted molar refractivity (Wildman–Crippen MR) is 240 cm³/mol. The van der Waals surface area contributed by atoms with Crippen LogP contribution >= 0.6 is 0 Å². The number of allylic oxidation sites excluding steroid dienone is 8. The van der Waals surface area contributed by atoms with Crippen molar-refractivity contribution in [3.63, 3.8) is 0 Å². The van der Waals surface area contributed by atoms with Gasteiger partial charge in [0.25, 0.3) is 0 Å². The van der Waals surface area contributed by atoms with Crippen molar-refractivity contribution < 1.29 is 29.0 Å².